The van der Waals surface area contributed by atoms with Crippen LogP contribution >= 0.6 is 31.9 Å². The van der Waals surface area contributed by atoms with E-state index in [1.165, 1.54) is 17.0 Å². The van der Waals surface area contributed by atoms with E-state index in [1.807, 2.05) is 0 Å². The highest BCUT2D eigenvalue weighted by Crippen LogP contribution is 2.40. The van der Waals surface area contributed by atoms with Crippen LogP contribution in [0.25, 0.3) is 5.76 Å². The van der Waals surface area contributed by atoms with Gasteiger partial charge in [-0.25, -0.2) is 13.6 Å². The second kappa shape index (κ2) is 10.1. The predicted molar refractivity (Wildman–Crippen MR) is 139 cm³/mol. The lowest BCUT2D eigenvalue weighted by molar-refractivity contribution is -0.139. The molecule has 7 nitrogen and oxygen atoms in total. The Bertz CT molecular complexity index is 1420. The van der Waals surface area contributed by atoms with Crippen molar-refractivity contribution in [1.29, 1.82) is 0 Å². The number of benzene rings is 3. The smallest absolute Gasteiger partial charge is 0.295 e. The number of hydrogen-bond donors (Lipinski definition) is 2. The van der Waals surface area contributed by atoms with Crippen LogP contribution in [0.3, 0.4) is 0 Å². The summed E-state index contributed by atoms with van der Waals surface area (Å²) in [5.41, 5.74) is 1.88. The molecule has 1 amide bonds. The van der Waals surface area contributed by atoms with Gasteiger partial charge >= 0.3 is 0 Å². The topological polar surface area (TPSA) is 118 Å². The molecular weight excluding hydrogens is 600 g/mol. The second-order valence-electron chi connectivity index (χ2n) is 7.99. The van der Waals surface area contributed by atoms with Gasteiger partial charge in [0.2, 0.25) is 10.0 Å². The molecule has 3 aromatic rings. The van der Waals surface area contributed by atoms with Crippen molar-refractivity contribution in [2.45, 2.75) is 17.4 Å². The van der Waals surface area contributed by atoms with E-state index in [0.717, 1.165) is 14.5 Å². The second-order valence-corrected chi connectivity index (χ2v) is 11.4. The molecule has 0 radical (unpaired) electrons. The summed E-state index contributed by atoms with van der Waals surface area (Å²) < 4.78 is 24.7. The maximum atomic E-state index is 13.1. The first-order valence-corrected chi connectivity index (χ1v) is 13.6. The van der Waals surface area contributed by atoms with Crippen molar-refractivity contribution >= 4 is 59.3 Å². The van der Waals surface area contributed by atoms with Gasteiger partial charge in [0.05, 0.1) is 16.5 Å². The van der Waals surface area contributed by atoms with E-state index >= 15 is 0 Å². The Morgan fingerprint density at radius 3 is 1.97 bits per heavy atom. The molecule has 1 heterocycles. The van der Waals surface area contributed by atoms with Gasteiger partial charge < -0.3 is 10.0 Å². The standard InChI is InChI=1S/C25H20Br2N2O5S/c26-18-7-3-16(4-8-18)22-21(23(30)17-5-9-19(27)10-6-17)24(31)25(32)29(22)14-13-15-1-11-20(12-2-15)35(28,33)34/h1-12,22,30H,13-14H2,(H2,28,33,34)/b23-21+. The zero-order chi connectivity index (χ0) is 25.3. The highest BCUT2D eigenvalue weighted by Gasteiger charge is 2.45. The molecule has 0 saturated carbocycles. The highest BCUT2D eigenvalue weighted by molar-refractivity contribution is 9.10. The van der Waals surface area contributed by atoms with Gasteiger partial charge in [0.1, 0.15) is 5.76 Å². The Labute approximate surface area is 219 Å². The SMILES string of the molecule is NS(=O)(=O)c1ccc(CCN2C(=O)C(=O)/C(=C(/O)c3ccc(Br)cc3)C2c2ccc(Br)cc2)cc1. The first-order valence-electron chi connectivity index (χ1n) is 10.5. The number of hydrogen-bond acceptors (Lipinski definition) is 5. The number of amides is 1. The largest absolute Gasteiger partial charge is 0.507 e. The number of likely N-dealkylation sites (tertiary alicyclic amines) is 1. The molecule has 1 fully saturated rings. The van der Waals surface area contributed by atoms with E-state index in [9.17, 15) is 23.1 Å². The summed E-state index contributed by atoms with van der Waals surface area (Å²) >= 11 is 6.75. The lowest BCUT2D eigenvalue weighted by atomic mass is 9.95. The molecule has 1 unspecified atom stereocenters. The van der Waals surface area contributed by atoms with Gasteiger partial charge in [-0.05, 0) is 53.9 Å². The number of halogens is 2. The molecule has 3 N–H and O–H groups in total. The van der Waals surface area contributed by atoms with Crippen LogP contribution in [0.5, 0.6) is 0 Å². The quantitative estimate of drug-likeness (QED) is 0.239. The summed E-state index contributed by atoms with van der Waals surface area (Å²) in [7, 11) is -3.81. The van der Waals surface area contributed by atoms with Crippen molar-refractivity contribution < 1.29 is 23.1 Å². The minimum Gasteiger partial charge on any atom is -0.507 e. The minimum atomic E-state index is -3.81. The predicted octanol–water partition coefficient (Wildman–Crippen LogP) is 4.52. The van der Waals surface area contributed by atoms with E-state index in [4.69, 9.17) is 5.14 Å². The molecule has 3 aromatic carbocycles. The number of nitrogens with zero attached hydrogens (tertiary/aromatic N) is 1. The summed E-state index contributed by atoms with van der Waals surface area (Å²) in [6.07, 6.45) is 0.364. The lowest BCUT2D eigenvalue weighted by Crippen LogP contribution is -2.31. The van der Waals surface area contributed by atoms with Crippen molar-refractivity contribution in [3.05, 3.63) is 104 Å². The van der Waals surface area contributed by atoms with Crippen LogP contribution in [0.4, 0.5) is 0 Å². The fourth-order valence-corrected chi connectivity index (χ4v) is 5.00. The van der Waals surface area contributed by atoms with Crippen LogP contribution in [-0.2, 0) is 26.0 Å². The minimum absolute atomic E-state index is 0.00828. The molecule has 4 rings (SSSR count). The fraction of sp³-hybridized carbons (Fsp3) is 0.120. The average molecular weight is 620 g/mol. The number of ketones is 1. The third-order valence-electron chi connectivity index (χ3n) is 5.74. The van der Waals surface area contributed by atoms with Crippen LogP contribution in [-0.4, -0.2) is 36.7 Å². The highest BCUT2D eigenvalue weighted by atomic mass is 79.9. The lowest BCUT2D eigenvalue weighted by Gasteiger charge is -2.25. The Morgan fingerprint density at radius 2 is 1.43 bits per heavy atom. The number of primary sulfonamides is 1. The van der Waals surface area contributed by atoms with Crippen molar-refractivity contribution in [3.8, 4) is 0 Å². The molecule has 0 spiro atoms. The Kier molecular flexibility index (Phi) is 7.27. The van der Waals surface area contributed by atoms with E-state index in [2.05, 4.69) is 31.9 Å². The number of carbonyl (C=O) groups is 2. The van der Waals surface area contributed by atoms with Gasteiger partial charge in [-0.1, -0.05) is 68.3 Å². The molecule has 1 saturated heterocycles. The number of nitrogens with two attached hydrogens (primary N) is 1. The number of sulfonamides is 1. The van der Waals surface area contributed by atoms with Crippen LogP contribution < -0.4 is 5.14 Å². The Morgan fingerprint density at radius 1 is 0.886 bits per heavy atom. The van der Waals surface area contributed by atoms with Crippen molar-refractivity contribution in [2.75, 3.05) is 6.54 Å². The summed E-state index contributed by atoms with van der Waals surface area (Å²) in [4.78, 5) is 27.6. The Hall–Kier alpha value is -2.79. The van der Waals surface area contributed by atoms with Gasteiger partial charge in [0.25, 0.3) is 11.7 Å². The van der Waals surface area contributed by atoms with Crippen LogP contribution in [0.1, 0.15) is 22.7 Å². The van der Waals surface area contributed by atoms with E-state index < -0.39 is 27.8 Å². The normalized spacial score (nSPS) is 17.7. The summed E-state index contributed by atoms with van der Waals surface area (Å²) in [5.74, 6) is -1.72. The molecule has 1 aliphatic heterocycles. The monoisotopic (exact) mass is 618 g/mol. The Balaban J connectivity index is 1.72. The van der Waals surface area contributed by atoms with Crippen molar-refractivity contribution in [3.63, 3.8) is 0 Å². The van der Waals surface area contributed by atoms with Gasteiger partial charge in [-0.2, -0.15) is 0 Å². The maximum Gasteiger partial charge on any atom is 0.295 e. The zero-order valence-corrected chi connectivity index (χ0v) is 22.2. The molecule has 10 heteroatoms. The molecule has 0 aliphatic carbocycles. The van der Waals surface area contributed by atoms with Gasteiger partial charge in [-0.3, -0.25) is 9.59 Å². The van der Waals surface area contributed by atoms with Crippen LogP contribution in [0.15, 0.2) is 92.2 Å². The van der Waals surface area contributed by atoms with E-state index in [-0.39, 0.29) is 22.8 Å². The van der Waals surface area contributed by atoms with Crippen molar-refractivity contribution in [1.82, 2.24) is 4.90 Å². The molecule has 0 aromatic heterocycles. The molecule has 1 atom stereocenters. The summed E-state index contributed by atoms with van der Waals surface area (Å²) in [5, 5.41) is 16.2. The number of carbonyl (C=O) groups excluding carboxylic acids is 2. The van der Waals surface area contributed by atoms with E-state index in [1.54, 1.807) is 60.7 Å². The van der Waals surface area contributed by atoms with E-state index in [0.29, 0.717) is 17.5 Å². The number of aliphatic hydroxyl groups excluding tert-OH is 1. The van der Waals surface area contributed by atoms with Gasteiger partial charge in [0.15, 0.2) is 0 Å². The first-order chi connectivity index (χ1) is 16.6. The van der Waals surface area contributed by atoms with Gasteiger partial charge in [0, 0.05) is 21.1 Å². The molecule has 0 bridgehead atoms. The zero-order valence-electron chi connectivity index (χ0n) is 18.2. The third-order valence-corrected chi connectivity index (χ3v) is 7.72. The maximum absolute atomic E-state index is 13.1. The summed E-state index contributed by atoms with van der Waals surface area (Å²) in [6, 6.07) is 19.3. The number of Topliss-reactive ketones (excluding diaryl/α,β-unsaturated/α-hetero) is 1. The fourth-order valence-electron chi connectivity index (χ4n) is 3.96. The first kappa shape index (κ1) is 25.3. The average Bonchev–Trinajstić information content (AvgIpc) is 3.08. The van der Waals surface area contributed by atoms with Crippen LogP contribution in [0, 0.1) is 0 Å². The van der Waals surface area contributed by atoms with Gasteiger partial charge in [-0.15, -0.1) is 0 Å². The van der Waals surface area contributed by atoms with Crippen molar-refractivity contribution in [2.24, 2.45) is 5.14 Å². The third kappa shape index (κ3) is 5.40. The number of aliphatic hydroxyl groups is 1. The molecule has 1 aliphatic rings. The molecule has 180 valence electrons. The summed E-state index contributed by atoms with van der Waals surface area (Å²) in [6.45, 7) is 0.178. The molecular formula is C25H20Br2N2O5S. The number of rotatable bonds is 6. The molecule has 35 heavy (non-hydrogen) atoms. The van der Waals surface area contributed by atoms with Crippen LogP contribution in [0.2, 0.25) is 0 Å².